The van der Waals surface area contributed by atoms with E-state index >= 15 is 0 Å². The van der Waals surface area contributed by atoms with Gasteiger partial charge in [-0.1, -0.05) is 0 Å². The number of likely N-dealkylation sites (tertiary alicyclic amines) is 1. The van der Waals surface area contributed by atoms with Gasteiger partial charge in [-0.15, -0.1) is 0 Å². The van der Waals surface area contributed by atoms with Crippen molar-refractivity contribution in [2.45, 2.75) is 25.5 Å². The molecule has 0 aromatic rings. The minimum Gasteiger partial charge on any atom is -0.390 e. The molecule has 1 aliphatic heterocycles. The van der Waals surface area contributed by atoms with E-state index in [0.717, 1.165) is 0 Å². The van der Waals surface area contributed by atoms with Crippen LogP contribution in [0, 0.1) is 0 Å². The third-order valence-electron chi connectivity index (χ3n) is 2.06. The lowest BCUT2D eigenvalue weighted by molar-refractivity contribution is -0.137. The molecule has 0 aromatic carbocycles. The number of amides is 2. The quantitative estimate of drug-likeness (QED) is 0.502. The second-order valence-corrected chi connectivity index (χ2v) is 2.92. The summed E-state index contributed by atoms with van der Waals surface area (Å²) in [6, 6.07) is -0.831. The van der Waals surface area contributed by atoms with E-state index in [2.05, 4.69) is 0 Å². The molecule has 0 radical (unpaired) electrons. The van der Waals surface area contributed by atoms with Gasteiger partial charge in [0, 0.05) is 13.5 Å². The number of carbonyl (C=O) groups excluding carboxylic acids is 2. The Labute approximate surface area is 70.1 Å². The summed E-state index contributed by atoms with van der Waals surface area (Å²) in [4.78, 5) is 23.0. The van der Waals surface area contributed by atoms with E-state index in [1.807, 2.05) is 0 Å². The molecule has 5 heteroatoms. The van der Waals surface area contributed by atoms with E-state index in [9.17, 15) is 14.7 Å². The van der Waals surface area contributed by atoms with Crippen molar-refractivity contribution in [3.63, 3.8) is 0 Å². The molecule has 1 rings (SSSR count). The Hall–Kier alpha value is -1.10. The van der Waals surface area contributed by atoms with Crippen LogP contribution in [0.1, 0.15) is 13.3 Å². The van der Waals surface area contributed by atoms with Gasteiger partial charge in [0.2, 0.25) is 11.8 Å². The summed E-state index contributed by atoms with van der Waals surface area (Å²) < 4.78 is 0. The van der Waals surface area contributed by atoms with Gasteiger partial charge in [0.25, 0.3) is 0 Å². The van der Waals surface area contributed by atoms with Crippen LogP contribution in [0.5, 0.6) is 0 Å². The highest BCUT2D eigenvalue weighted by atomic mass is 16.3. The van der Waals surface area contributed by atoms with E-state index in [1.165, 1.54) is 11.8 Å². The molecule has 1 aliphatic rings. The number of aliphatic hydroxyl groups is 1. The van der Waals surface area contributed by atoms with Gasteiger partial charge in [0.1, 0.15) is 6.04 Å². The van der Waals surface area contributed by atoms with Crippen molar-refractivity contribution in [3.05, 3.63) is 0 Å². The van der Waals surface area contributed by atoms with Crippen molar-refractivity contribution < 1.29 is 14.7 Å². The van der Waals surface area contributed by atoms with Crippen LogP contribution < -0.4 is 5.73 Å². The molecule has 12 heavy (non-hydrogen) atoms. The maximum Gasteiger partial charge on any atom is 0.242 e. The van der Waals surface area contributed by atoms with Crippen LogP contribution in [0.15, 0.2) is 0 Å². The molecule has 0 aliphatic carbocycles. The van der Waals surface area contributed by atoms with Crippen LogP contribution in [0.3, 0.4) is 0 Å². The van der Waals surface area contributed by atoms with Crippen LogP contribution in [-0.4, -0.2) is 40.5 Å². The average molecular weight is 172 g/mol. The Bertz CT molecular complexity index is 217. The summed E-state index contributed by atoms with van der Waals surface area (Å²) in [7, 11) is 0. The van der Waals surface area contributed by atoms with E-state index in [-0.39, 0.29) is 5.91 Å². The van der Waals surface area contributed by atoms with Crippen molar-refractivity contribution >= 4 is 11.8 Å². The smallest absolute Gasteiger partial charge is 0.242 e. The SMILES string of the molecule is CC(=O)N1CC[C@@H](O)C1C(N)=O. The summed E-state index contributed by atoms with van der Waals surface area (Å²) in [6.45, 7) is 1.76. The standard InChI is InChI=1S/C7H12N2O3/c1-4(10)9-3-2-5(11)6(9)7(8)12/h5-6,11H,2-3H2,1H3,(H2,8,12)/t5-,6?/m1/s1. The Morgan fingerprint density at radius 1 is 1.58 bits per heavy atom. The molecule has 5 nitrogen and oxygen atoms in total. The first-order valence-electron chi connectivity index (χ1n) is 3.78. The van der Waals surface area contributed by atoms with E-state index in [0.29, 0.717) is 13.0 Å². The molecule has 0 saturated carbocycles. The van der Waals surface area contributed by atoms with Gasteiger partial charge < -0.3 is 15.7 Å². The maximum absolute atomic E-state index is 10.9. The number of hydrogen-bond acceptors (Lipinski definition) is 3. The molecule has 68 valence electrons. The molecular formula is C7H12N2O3. The van der Waals surface area contributed by atoms with Crippen LogP contribution in [-0.2, 0) is 9.59 Å². The molecule has 3 N–H and O–H groups in total. The molecule has 1 fully saturated rings. The molecule has 1 unspecified atom stereocenters. The number of rotatable bonds is 1. The van der Waals surface area contributed by atoms with Crippen LogP contribution in [0.4, 0.5) is 0 Å². The molecular weight excluding hydrogens is 160 g/mol. The summed E-state index contributed by atoms with van der Waals surface area (Å²) >= 11 is 0. The van der Waals surface area contributed by atoms with Gasteiger partial charge in [-0.3, -0.25) is 9.59 Å². The third-order valence-corrected chi connectivity index (χ3v) is 2.06. The van der Waals surface area contributed by atoms with Gasteiger partial charge in [0.15, 0.2) is 0 Å². The van der Waals surface area contributed by atoms with E-state index in [4.69, 9.17) is 5.73 Å². The zero-order chi connectivity index (χ0) is 9.30. The average Bonchev–Trinajstić information content (AvgIpc) is 2.30. The Morgan fingerprint density at radius 2 is 2.17 bits per heavy atom. The summed E-state index contributed by atoms with van der Waals surface area (Å²) in [5.41, 5.74) is 5.02. The molecule has 2 amide bonds. The molecule has 1 saturated heterocycles. The normalized spacial score (nSPS) is 29.0. The number of aliphatic hydroxyl groups excluding tert-OH is 1. The lowest BCUT2D eigenvalue weighted by Gasteiger charge is -2.21. The fourth-order valence-corrected chi connectivity index (χ4v) is 1.47. The van der Waals surface area contributed by atoms with Crippen LogP contribution in [0.2, 0.25) is 0 Å². The number of nitrogens with zero attached hydrogens (tertiary/aromatic N) is 1. The number of primary amides is 1. The first-order valence-corrected chi connectivity index (χ1v) is 3.78. The Kier molecular flexibility index (Phi) is 2.32. The second-order valence-electron chi connectivity index (χ2n) is 2.92. The summed E-state index contributed by atoms with van der Waals surface area (Å²) in [6.07, 6.45) is -0.376. The largest absolute Gasteiger partial charge is 0.390 e. The monoisotopic (exact) mass is 172 g/mol. The van der Waals surface area contributed by atoms with Crippen LogP contribution in [0.25, 0.3) is 0 Å². The number of carbonyl (C=O) groups is 2. The Balaban J connectivity index is 2.77. The van der Waals surface area contributed by atoms with Gasteiger partial charge in [0.05, 0.1) is 6.10 Å². The summed E-state index contributed by atoms with van der Waals surface area (Å²) in [5.74, 6) is -0.870. The minimum absolute atomic E-state index is 0.227. The predicted molar refractivity (Wildman–Crippen MR) is 41.0 cm³/mol. The molecule has 0 spiro atoms. The highest BCUT2D eigenvalue weighted by Crippen LogP contribution is 2.17. The predicted octanol–water partition coefficient (Wildman–Crippen LogP) is -1.55. The maximum atomic E-state index is 10.9. The van der Waals surface area contributed by atoms with Crippen molar-refractivity contribution in [3.8, 4) is 0 Å². The molecule has 2 atom stereocenters. The topological polar surface area (TPSA) is 83.6 Å². The lowest BCUT2D eigenvalue weighted by atomic mass is 10.1. The van der Waals surface area contributed by atoms with Gasteiger partial charge >= 0.3 is 0 Å². The highest BCUT2D eigenvalue weighted by molar-refractivity contribution is 5.86. The van der Waals surface area contributed by atoms with Gasteiger partial charge in [-0.25, -0.2) is 0 Å². The number of nitrogens with two attached hydrogens (primary N) is 1. The van der Waals surface area contributed by atoms with Crippen molar-refractivity contribution in [1.82, 2.24) is 4.90 Å². The first-order chi connectivity index (χ1) is 5.54. The van der Waals surface area contributed by atoms with Gasteiger partial charge in [-0.2, -0.15) is 0 Å². The molecule has 0 aromatic heterocycles. The van der Waals surface area contributed by atoms with E-state index in [1.54, 1.807) is 0 Å². The second kappa shape index (κ2) is 3.10. The van der Waals surface area contributed by atoms with Crippen molar-refractivity contribution in [1.29, 1.82) is 0 Å². The zero-order valence-electron chi connectivity index (χ0n) is 6.86. The third kappa shape index (κ3) is 1.40. The van der Waals surface area contributed by atoms with E-state index < -0.39 is 18.1 Å². The Morgan fingerprint density at radius 3 is 2.50 bits per heavy atom. The molecule has 0 bridgehead atoms. The fraction of sp³-hybridized carbons (Fsp3) is 0.714. The fourth-order valence-electron chi connectivity index (χ4n) is 1.47. The van der Waals surface area contributed by atoms with Crippen molar-refractivity contribution in [2.75, 3.05) is 6.54 Å². The lowest BCUT2D eigenvalue weighted by Crippen LogP contribution is -2.47. The van der Waals surface area contributed by atoms with Crippen molar-refractivity contribution in [2.24, 2.45) is 5.73 Å². The highest BCUT2D eigenvalue weighted by Gasteiger charge is 2.38. The minimum atomic E-state index is -0.831. The zero-order valence-corrected chi connectivity index (χ0v) is 6.86. The molecule has 1 heterocycles. The first kappa shape index (κ1) is 8.99. The summed E-state index contributed by atoms with van der Waals surface area (Å²) in [5, 5.41) is 9.28. The van der Waals surface area contributed by atoms with Gasteiger partial charge in [-0.05, 0) is 6.42 Å². The number of hydrogen-bond donors (Lipinski definition) is 2. The van der Waals surface area contributed by atoms with Crippen LogP contribution >= 0.6 is 0 Å².